The van der Waals surface area contributed by atoms with E-state index in [9.17, 15) is 0 Å². The average Bonchev–Trinajstić information content (AvgIpc) is 2.68. The number of fused-ring (bicyclic) bond motifs is 1. The monoisotopic (exact) mass is 216 g/mol. The minimum atomic E-state index is 0.792. The molecule has 0 amide bonds. The lowest BCUT2D eigenvalue weighted by molar-refractivity contribution is 0.747. The molecule has 0 aliphatic carbocycles. The molecule has 1 heterocycles. The molecule has 0 fully saturated rings. The van der Waals surface area contributed by atoms with Gasteiger partial charge in [-0.15, -0.1) is 0 Å². The number of aromatic amines is 1. The summed E-state index contributed by atoms with van der Waals surface area (Å²) in [4.78, 5) is 3.35. The van der Waals surface area contributed by atoms with Crippen LogP contribution >= 0.6 is 0 Å². The standard InChI is InChI=1S/C14H20N2/c1-10-6-7-13-14(11(10)2)12(9-16-13)5-3-4-8-15/h6-7,9,16H,3-5,8,15H2,1-2H3. The Labute approximate surface area is 96.9 Å². The first-order chi connectivity index (χ1) is 7.74. The molecule has 0 atom stereocenters. The van der Waals surface area contributed by atoms with E-state index in [1.807, 2.05) is 0 Å². The molecule has 86 valence electrons. The van der Waals surface area contributed by atoms with Crippen LogP contribution in [0.2, 0.25) is 0 Å². The molecule has 16 heavy (non-hydrogen) atoms. The summed E-state index contributed by atoms with van der Waals surface area (Å²) in [6.07, 6.45) is 5.56. The molecule has 0 aliphatic rings. The van der Waals surface area contributed by atoms with Crippen molar-refractivity contribution in [2.75, 3.05) is 6.54 Å². The van der Waals surface area contributed by atoms with Gasteiger partial charge in [-0.2, -0.15) is 0 Å². The molecule has 2 aromatic rings. The van der Waals surface area contributed by atoms with Crippen molar-refractivity contribution in [2.45, 2.75) is 33.1 Å². The van der Waals surface area contributed by atoms with Crippen LogP contribution in [0.4, 0.5) is 0 Å². The number of aryl methyl sites for hydroxylation is 3. The SMILES string of the molecule is Cc1ccc2[nH]cc(CCCCN)c2c1C. The van der Waals surface area contributed by atoms with E-state index in [0.29, 0.717) is 0 Å². The number of hydrogen-bond acceptors (Lipinski definition) is 1. The molecule has 0 saturated heterocycles. The quantitative estimate of drug-likeness (QED) is 0.758. The second kappa shape index (κ2) is 4.71. The third kappa shape index (κ3) is 1.98. The molecule has 0 bridgehead atoms. The van der Waals surface area contributed by atoms with Crippen molar-refractivity contribution in [2.24, 2.45) is 5.73 Å². The maximum atomic E-state index is 5.53. The van der Waals surface area contributed by atoms with Gasteiger partial charge >= 0.3 is 0 Å². The predicted octanol–water partition coefficient (Wildman–Crippen LogP) is 3.07. The molecule has 0 radical (unpaired) electrons. The Bertz CT molecular complexity index is 483. The van der Waals surface area contributed by atoms with E-state index in [2.05, 4.69) is 37.2 Å². The summed E-state index contributed by atoms with van der Waals surface area (Å²) in [5.41, 5.74) is 11.0. The zero-order valence-corrected chi connectivity index (χ0v) is 10.1. The maximum Gasteiger partial charge on any atom is 0.0459 e. The third-order valence-electron chi connectivity index (χ3n) is 3.36. The van der Waals surface area contributed by atoms with Crippen molar-refractivity contribution in [3.05, 3.63) is 35.0 Å². The molecule has 2 nitrogen and oxygen atoms in total. The smallest absolute Gasteiger partial charge is 0.0459 e. The lowest BCUT2D eigenvalue weighted by atomic mass is 10.00. The fourth-order valence-electron chi connectivity index (χ4n) is 2.24. The van der Waals surface area contributed by atoms with Gasteiger partial charge in [0.1, 0.15) is 0 Å². The highest BCUT2D eigenvalue weighted by molar-refractivity contribution is 5.87. The number of nitrogens with two attached hydrogens (primary N) is 1. The lowest BCUT2D eigenvalue weighted by Crippen LogP contribution is -1.98. The number of aromatic nitrogens is 1. The van der Waals surface area contributed by atoms with E-state index in [-0.39, 0.29) is 0 Å². The first-order valence-corrected chi connectivity index (χ1v) is 6.00. The van der Waals surface area contributed by atoms with E-state index in [0.717, 1.165) is 19.4 Å². The van der Waals surface area contributed by atoms with Crippen LogP contribution in [0.1, 0.15) is 29.5 Å². The van der Waals surface area contributed by atoms with Gasteiger partial charge in [0.2, 0.25) is 0 Å². The summed E-state index contributed by atoms with van der Waals surface area (Å²) in [7, 11) is 0. The van der Waals surface area contributed by atoms with E-state index in [1.165, 1.54) is 34.0 Å². The van der Waals surface area contributed by atoms with Gasteiger partial charge in [0.05, 0.1) is 0 Å². The van der Waals surface area contributed by atoms with Gasteiger partial charge in [-0.25, -0.2) is 0 Å². The Balaban J connectivity index is 2.35. The van der Waals surface area contributed by atoms with E-state index < -0.39 is 0 Å². The molecular weight excluding hydrogens is 196 g/mol. The fourth-order valence-corrected chi connectivity index (χ4v) is 2.24. The molecule has 2 rings (SSSR count). The van der Waals surface area contributed by atoms with Gasteiger partial charge in [-0.05, 0) is 62.4 Å². The number of rotatable bonds is 4. The van der Waals surface area contributed by atoms with E-state index in [4.69, 9.17) is 5.73 Å². The molecule has 1 aromatic heterocycles. The molecule has 0 saturated carbocycles. The Morgan fingerprint density at radius 2 is 2.00 bits per heavy atom. The molecule has 0 spiro atoms. The van der Waals surface area contributed by atoms with Gasteiger partial charge in [-0.3, -0.25) is 0 Å². The topological polar surface area (TPSA) is 41.8 Å². The minimum absolute atomic E-state index is 0.792. The van der Waals surface area contributed by atoms with Crippen molar-refractivity contribution in [3.8, 4) is 0 Å². The summed E-state index contributed by atoms with van der Waals surface area (Å²) < 4.78 is 0. The summed E-state index contributed by atoms with van der Waals surface area (Å²) in [5.74, 6) is 0. The van der Waals surface area contributed by atoms with Crippen LogP contribution in [0.5, 0.6) is 0 Å². The Morgan fingerprint density at radius 1 is 1.19 bits per heavy atom. The number of nitrogens with one attached hydrogen (secondary N) is 1. The summed E-state index contributed by atoms with van der Waals surface area (Å²) in [6, 6.07) is 4.35. The summed E-state index contributed by atoms with van der Waals surface area (Å²) >= 11 is 0. The molecule has 3 N–H and O–H groups in total. The van der Waals surface area contributed by atoms with Gasteiger partial charge in [-0.1, -0.05) is 6.07 Å². The zero-order chi connectivity index (χ0) is 11.5. The van der Waals surface area contributed by atoms with Crippen LogP contribution in [0.25, 0.3) is 10.9 Å². The van der Waals surface area contributed by atoms with Crippen molar-refractivity contribution >= 4 is 10.9 Å². The highest BCUT2D eigenvalue weighted by Crippen LogP contribution is 2.25. The van der Waals surface area contributed by atoms with Crippen LogP contribution in [0.3, 0.4) is 0 Å². The lowest BCUT2D eigenvalue weighted by Gasteiger charge is -2.04. The van der Waals surface area contributed by atoms with Crippen LogP contribution in [-0.2, 0) is 6.42 Å². The average molecular weight is 216 g/mol. The van der Waals surface area contributed by atoms with Crippen molar-refractivity contribution in [1.82, 2.24) is 4.98 Å². The third-order valence-corrected chi connectivity index (χ3v) is 3.36. The van der Waals surface area contributed by atoms with Gasteiger partial charge in [0.15, 0.2) is 0 Å². The molecule has 0 aliphatic heterocycles. The second-order valence-electron chi connectivity index (χ2n) is 4.49. The second-order valence-corrected chi connectivity index (χ2v) is 4.49. The first-order valence-electron chi connectivity index (χ1n) is 6.00. The number of unbranched alkanes of at least 4 members (excludes halogenated alkanes) is 1. The van der Waals surface area contributed by atoms with Crippen LogP contribution in [-0.4, -0.2) is 11.5 Å². The summed E-state index contributed by atoms with van der Waals surface area (Å²) in [5, 5.41) is 1.41. The molecule has 1 aromatic carbocycles. The Morgan fingerprint density at radius 3 is 2.75 bits per heavy atom. The largest absolute Gasteiger partial charge is 0.361 e. The fraction of sp³-hybridized carbons (Fsp3) is 0.429. The van der Waals surface area contributed by atoms with Crippen LogP contribution in [0.15, 0.2) is 18.3 Å². The maximum absolute atomic E-state index is 5.53. The minimum Gasteiger partial charge on any atom is -0.361 e. The predicted molar refractivity (Wildman–Crippen MR) is 69.8 cm³/mol. The Hall–Kier alpha value is -1.28. The number of H-pyrrole nitrogens is 1. The van der Waals surface area contributed by atoms with Crippen LogP contribution < -0.4 is 5.73 Å². The van der Waals surface area contributed by atoms with E-state index in [1.54, 1.807) is 0 Å². The number of hydrogen-bond donors (Lipinski definition) is 2. The normalized spacial score (nSPS) is 11.2. The van der Waals surface area contributed by atoms with Gasteiger partial charge in [0, 0.05) is 17.1 Å². The highest BCUT2D eigenvalue weighted by atomic mass is 14.7. The van der Waals surface area contributed by atoms with E-state index >= 15 is 0 Å². The highest BCUT2D eigenvalue weighted by Gasteiger charge is 2.07. The van der Waals surface area contributed by atoms with Gasteiger partial charge < -0.3 is 10.7 Å². The first kappa shape index (κ1) is 11.2. The molecule has 2 heteroatoms. The molecular formula is C14H20N2. The summed E-state index contributed by atoms with van der Waals surface area (Å²) in [6.45, 7) is 5.17. The van der Waals surface area contributed by atoms with Crippen molar-refractivity contribution in [3.63, 3.8) is 0 Å². The van der Waals surface area contributed by atoms with Crippen molar-refractivity contribution < 1.29 is 0 Å². The van der Waals surface area contributed by atoms with Gasteiger partial charge in [0.25, 0.3) is 0 Å². The van der Waals surface area contributed by atoms with Crippen molar-refractivity contribution in [1.29, 1.82) is 0 Å². The zero-order valence-electron chi connectivity index (χ0n) is 10.1. The molecule has 0 unspecified atom stereocenters. The Kier molecular flexibility index (Phi) is 3.30. The number of benzene rings is 1. The van der Waals surface area contributed by atoms with Crippen LogP contribution in [0, 0.1) is 13.8 Å².